The number of carbonyl (C=O) groups excluding carboxylic acids is 4. The number of carboxylic acid groups (broad SMARTS) is 2. The van der Waals surface area contributed by atoms with Crippen LogP contribution in [0.2, 0.25) is 0 Å². The van der Waals surface area contributed by atoms with Gasteiger partial charge in [-0.25, -0.2) is 0 Å². The van der Waals surface area contributed by atoms with Crippen LogP contribution in [0, 0.1) is 0 Å². The standard InChI is InChI=1S/C12H19N5O8/c13-5(1-7(14)18)11(24)15-3-8(19)17-6(2-9(20)21)12(25)16-4-10(22)23/h5-6H,1-4,13H2,(H2,14,18)(H,15,24)(H,16,25)(H,17,19)(H,20,21)(H,22,23)/t5-,6-/m0/s1. The Hall–Kier alpha value is -3.22. The van der Waals surface area contributed by atoms with Crippen LogP contribution in [0.5, 0.6) is 0 Å². The van der Waals surface area contributed by atoms with Crippen LogP contribution in [0.1, 0.15) is 12.8 Å². The molecule has 0 aromatic carbocycles. The third-order valence-corrected chi connectivity index (χ3v) is 2.63. The van der Waals surface area contributed by atoms with Crippen LogP contribution in [-0.2, 0) is 28.8 Å². The lowest BCUT2D eigenvalue weighted by molar-refractivity contribution is -0.141. The van der Waals surface area contributed by atoms with Gasteiger partial charge >= 0.3 is 11.9 Å². The van der Waals surface area contributed by atoms with Crippen molar-refractivity contribution in [3.05, 3.63) is 0 Å². The number of primary amides is 1. The monoisotopic (exact) mass is 361 g/mol. The van der Waals surface area contributed by atoms with Crippen LogP contribution in [0.25, 0.3) is 0 Å². The van der Waals surface area contributed by atoms with Gasteiger partial charge in [0.25, 0.3) is 0 Å². The largest absolute Gasteiger partial charge is 0.481 e. The third-order valence-electron chi connectivity index (χ3n) is 2.63. The summed E-state index contributed by atoms with van der Waals surface area (Å²) < 4.78 is 0. The number of rotatable bonds is 11. The third kappa shape index (κ3) is 10.2. The summed E-state index contributed by atoms with van der Waals surface area (Å²) in [6.45, 7) is -1.41. The second kappa shape index (κ2) is 10.5. The van der Waals surface area contributed by atoms with Crippen LogP contribution in [0.4, 0.5) is 0 Å². The van der Waals surface area contributed by atoms with Gasteiger partial charge in [0, 0.05) is 0 Å². The maximum Gasteiger partial charge on any atom is 0.322 e. The molecule has 4 amide bonds. The highest BCUT2D eigenvalue weighted by Gasteiger charge is 2.24. The first-order valence-corrected chi connectivity index (χ1v) is 6.85. The van der Waals surface area contributed by atoms with Crippen molar-refractivity contribution in [1.82, 2.24) is 16.0 Å². The van der Waals surface area contributed by atoms with E-state index in [0.717, 1.165) is 0 Å². The molecule has 25 heavy (non-hydrogen) atoms. The van der Waals surface area contributed by atoms with Crippen molar-refractivity contribution in [2.75, 3.05) is 13.1 Å². The molecule has 13 heteroatoms. The predicted molar refractivity (Wildman–Crippen MR) is 79.6 cm³/mol. The molecule has 0 radical (unpaired) electrons. The van der Waals surface area contributed by atoms with E-state index in [0.29, 0.717) is 0 Å². The summed E-state index contributed by atoms with van der Waals surface area (Å²) in [5, 5.41) is 23.2. The molecule has 0 spiro atoms. The van der Waals surface area contributed by atoms with E-state index in [4.69, 9.17) is 21.7 Å². The lowest BCUT2D eigenvalue weighted by Crippen LogP contribution is -2.52. The van der Waals surface area contributed by atoms with Crippen LogP contribution in [0.3, 0.4) is 0 Å². The fraction of sp³-hybridized carbons (Fsp3) is 0.500. The van der Waals surface area contributed by atoms with E-state index in [-0.39, 0.29) is 0 Å². The molecule has 0 aliphatic rings. The van der Waals surface area contributed by atoms with E-state index >= 15 is 0 Å². The molecule has 140 valence electrons. The van der Waals surface area contributed by atoms with Crippen LogP contribution in [0.15, 0.2) is 0 Å². The van der Waals surface area contributed by atoms with Gasteiger partial charge in [-0.1, -0.05) is 0 Å². The first-order valence-electron chi connectivity index (χ1n) is 6.85. The number of aliphatic carboxylic acids is 2. The average Bonchev–Trinajstić information content (AvgIpc) is 2.48. The Balaban J connectivity index is 4.58. The molecule has 0 saturated heterocycles. The molecule has 0 bridgehead atoms. The summed E-state index contributed by atoms with van der Waals surface area (Å²) in [7, 11) is 0. The zero-order valence-corrected chi connectivity index (χ0v) is 13.0. The van der Waals surface area contributed by atoms with Gasteiger partial charge in [-0.3, -0.25) is 28.8 Å². The van der Waals surface area contributed by atoms with E-state index in [9.17, 15) is 28.8 Å². The summed E-state index contributed by atoms with van der Waals surface area (Å²) in [5.41, 5.74) is 10.2. The van der Waals surface area contributed by atoms with Gasteiger partial charge in [-0.2, -0.15) is 0 Å². The van der Waals surface area contributed by atoms with Crippen molar-refractivity contribution < 1.29 is 39.0 Å². The zero-order valence-electron chi connectivity index (χ0n) is 13.0. The molecular formula is C12H19N5O8. The highest BCUT2D eigenvalue weighted by molar-refractivity contribution is 5.94. The summed E-state index contributed by atoms with van der Waals surface area (Å²) in [4.78, 5) is 66.6. The molecule has 0 aromatic heterocycles. The number of amides is 4. The summed E-state index contributed by atoms with van der Waals surface area (Å²) in [6.07, 6.45) is -1.24. The summed E-state index contributed by atoms with van der Waals surface area (Å²) in [6, 6.07) is -2.81. The molecule has 0 aliphatic carbocycles. The quantitative estimate of drug-likeness (QED) is 0.187. The lowest BCUT2D eigenvalue weighted by atomic mass is 10.2. The Morgan fingerprint density at radius 1 is 0.840 bits per heavy atom. The fourth-order valence-electron chi connectivity index (χ4n) is 1.52. The number of hydrogen-bond donors (Lipinski definition) is 7. The van der Waals surface area contributed by atoms with E-state index < -0.39 is 73.6 Å². The Labute approximate surface area is 141 Å². The molecule has 0 aliphatic heterocycles. The SMILES string of the molecule is NC(=O)C[C@H](N)C(=O)NCC(=O)N[C@@H](CC(=O)O)C(=O)NCC(=O)O. The highest BCUT2D eigenvalue weighted by Crippen LogP contribution is 1.93. The van der Waals surface area contributed by atoms with Gasteiger partial charge in [0.15, 0.2) is 0 Å². The number of nitrogens with one attached hydrogen (secondary N) is 3. The minimum Gasteiger partial charge on any atom is -0.481 e. The second-order valence-corrected chi connectivity index (χ2v) is 4.82. The number of nitrogens with two attached hydrogens (primary N) is 2. The molecule has 0 fully saturated rings. The zero-order chi connectivity index (χ0) is 19.6. The smallest absolute Gasteiger partial charge is 0.322 e. The molecule has 2 atom stereocenters. The Kier molecular flexibility index (Phi) is 9.18. The Morgan fingerprint density at radius 2 is 1.40 bits per heavy atom. The maximum atomic E-state index is 11.7. The minimum atomic E-state index is -1.54. The molecule has 9 N–H and O–H groups in total. The van der Waals surface area contributed by atoms with Gasteiger partial charge in [0.2, 0.25) is 23.6 Å². The average molecular weight is 361 g/mol. The first kappa shape index (κ1) is 21.8. The molecule has 0 unspecified atom stereocenters. The van der Waals surface area contributed by atoms with Gasteiger partial charge in [-0.05, 0) is 0 Å². The molecule has 0 rings (SSSR count). The van der Waals surface area contributed by atoms with Crippen molar-refractivity contribution in [2.45, 2.75) is 24.9 Å². The molecule has 0 saturated carbocycles. The predicted octanol–water partition coefficient (Wildman–Crippen LogP) is -4.53. The molecule has 0 heterocycles. The van der Waals surface area contributed by atoms with Crippen LogP contribution < -0.4 is 27.4 Å². The van der Waals surface area contributed by atoms with Crippen molar-refractivity contribution >= 4 is 35.6 Å². The summed E-state index contributed by atoms with van der Waals surface area (Å²) in [5.74, 6) is -6.37. The highest BCUT2D eigenvalue weighted by atomic mass is 16.4. The van der Waals surface area contributed by atoms with Gasteiger partial charge in [-0.15, -0.1) is 0 Å². The topological polar surface area (TPSA) is 231 Å². The molecule has 0 aromatic rings. The second-order valence-electron chi connectivity index (χ2n) is 4.82. The molecule has 13 nitrogen and oxygen atoms in total. The van der Waals surface area contributed by atoms with Crippen molar-refractivity contribution in [3.8, 4) is 0 Å². The number of carbonyl (C=O) groups is 6. The van der Waals surface area contributed by atoms with E-state index in [1.807, 2.05) is 10.6 Å². The lowest BCUT2D eigenvalue weighted by Gasteiger charge is -2.17. The van der Waals surface area contributed by atoms with Gasteiger partial charge < -0.3 is 37.6 Å². The normalized spacial score (nSPS) is 12.4. The van der Waals surface area contributed by atoms with Crippen molar-refractivity contribution in [3.63, 3.8) is 0 Å². The molecular weight excluding hydrogens is 342 g/mol. The first-order chi connectivity index (χ1) is 11.5. The number of carboxylic acids is 2. The van der Waals surface area contributed by atoms with Crippen molar-refractivity contribution in [1.29, 1.82) is 0 Å². The van der Waals surface area contributed by atoms with Gasteiger partial charge in [0.1, 0.15) is 12.6 Å². The van der Waals surface area contributed by atoms with Crippen LogP contribution >= 0.6 is 0 Å². The minimum absolute atomic E-state index is 0.438. The fourth-order valence-corrected chi connectivity index (χ4v) is 1.52. The van der Waals surface area contributed by atoms with Crippen LogP contribution in [-0.4, -0.2) is 71.0 Å². The van der Waals surface area contributed by atoms with E-state index in [2.05, 4.69) is 5.32 Å². The van der Waals surface area contributed by atoms with Crippen molar-refractivity contribution in [2.24, 2.45) is 11.5 Å². The Morgan fingerprint density at radius 3 is 1.88 bits per heavy atom. The number of hydrogen-bond acceptors (Lipinski definition) is 7. The van der Waals surface area contributed by atoms with Gasteiger partial charge in [0.05, 0.1) is 25.4 Å². The Bertz CT molecular complexity index is 564. The maximum absolute atomic E-state index is 11.7. The summed E-state index contributed by atoms with van der Waals surface area (Å²) >= 11 is 0. The van der Waals surface area contributed by atoms with E-state index in [1.54, 1.807) is 0 Å². The van der Waals surface area contributed by atoms with E-state index in [1.165, 1.54) is 0 Å².